The van der Waals surface area contributed by atoms with E-state index in [0.29, 0.717) is 41.2 Å². The number of hydrogen-bond donors (Lipinski definition) is 3. The van der Waals surface area contributed by atoms with Crippen molar-refractivity contribution in [1.82, 2.24) is 15.3 Å². The number of para-hydroxylation sites is 1. The number of rotatable bonds is 7. The summed E-state index contributed by atoms with van der Waals surface area (Å²) in [6.07, 6.45) is 8.28. The predicted molar refractivity (Wildman–Crippen MR) is 151 cm³/mol. The van der Waals surface area contributed by atoms with Gasteiger partial charge in [-0.15, -0.1) is 0 Å². The topological polar surface area (TPSA) is 119 Å². The first-order valence-electron chi connectivity index (χ1n) is 13.0. The molecular weight excluding hydrogens is 490 g/mol. The molecule has 3 atom stereocenters. The summed E-state index contributed by atoms with van der Waals surface area (Å²) in [7, 11) is 1.88. The smallest absolute Gasteiger partial charge is 0.252 e. The highest BCUT2D eigenvalue weighted by atomic mass is 16.3. The van der Waals surface area contributed by atoms with Gasteiger partial charge in [0, 0.05) is 47.4 Å². The Morgan fingerprint density at radius 3 is 2.69 bits per heavy atom. The molecule has 39 heavy (non-hydrogen) atoms. The SMILES string of the molecule is CC1C=CC(C(=O)NC2C(=N)c3ccccc3N2C)=CC1CCc1cc(=O)ccc(-c2ccc(CO)nc2)n1. The van der Waals surface area contributed by atoms with Crippen molar-refractivity contribution in [2.45, 2.75) is 32.5 Å². The second-order valence-corrected chi connectivity index (χ2v) is 10.0. The largest absolute Gasteiger partial charge is 0.390 e. The van der Waals surface area contributed by atoms with Crippen LogP contribution >= 0.6 is 0 Å². The third kappa shape index (κ3) is 5.56. The summed E-state index contributed by atoms with van der Waals surface area (Å²) in [6, 6.07) is 16.0. The average molecular weight is 522 g/mol. The van der Waals surface area contributed by atoms with Gasteiger partial charge in [0.1, 0.15) is 6.17 Å². The van der Waals surface area contributed by atoms with Gasteiger partial charge in [0.2, 0.25) is 0 Å². The van der Waals surface area contributed by atoms with Crippen LogP contribution in [0.15, 0.2) is 89.4 Å². The van der Waals surface area contributed by atoms with Crippen molar-refractivity contribution >= 4 is 17.3 Å². The zero-order chi connectivity index (χ0) is 27.5. The summed E-state index contributed by atoms with van der Waals surface area (Å²) in [5.74, 6) is 0.0898. The van der Waals surface area contributed by atoms with Crippen LogP contribution in [0.1, 0.15) is 30.3 Å². The molecule has 1 aromatic carbocycles. The first-order valence-corrected chi connectivity index (χ1v) is 13.0. The Balaban J connectivity index is 1.30. The molecule has 3 N–H and O–H groups in total. The van der Waals surface area contributed by atoms with Crippen LogP contribution in [0.4, 0.5) is 5.69 Å². The molecule has 1 amide bonds. The number of nitrogens with one attached hydrogen (secondary N) is 2. The molecule has 3 heterocycles. The molecule has 5 rings (SSSR count). The van der Waals surface area contributed by atoms with Crippen molar-refractivity contribution in [3.05, 3.63) is 112 Å². The molecule has 0 fully saturated rings. The van der Waals surface area contributed by atoms with Crippen LogP contribution in [-0.4, -0.2) is 39.9 Å². The second kappa shape index (κ2) is 11.1. The third-order valence-corrected chi connectivity index (χ3v) is 7.41. The zero-order valence-electron chi connectivity index (χ0n) is 22.0. The van der Waals surface area contributed by atoms with E-state index in [9.17, 15) is 14.7 Å². The summed E-state index contributed by atoms with van der Waals surface area (Å²) in [6.45, 7) is 1.97. The minimum Gasteiger partial charge on any atom is -0.390 e. The van der Waals surface area contributed by atoms with Gasteiger partial charge in [-0.1, -0.05) is 43.4 Å². The average Bonchev–Trinajstić information content (AvgIpc) is 3.07. The molecule has 2 aromatic heterocycles. The number of benzene rings is 1. The number of fused-ring (bicyclic) bond motifs is 1. The summed E-state index contributed by atoms with van der Waals surface area (Å²) >= 11 is 0. The number of pyridine rings is 1. The van der Waals surface area contributed by atoms with Crippen LogP contribution in [0.25, 0.3) is 11.3 Å². The number of carbonyl (C=O) groups excluding carboxylic acids is 1. The molecule has 0 saturated heterocycles. The van der Waals surface area contributed by atoms with Gasteiger partial charge in [0.05, 0.1) is 23.7 Å². The van der Waals surface area contributed by atoms with Crippen LogP contribution in [0.5, 0.6) is 0 Å². The van der Waals surface area contributed by atoms with E-state index in [4.69, 9.17) is 10.4 Å². The molecule has 3 aromatic rings. The van der Waals surface area contributed by atoms with Crippen molar-refractivity contribution in [2.75, 3.05) is 11.9 Å². The van der Waals surface area contributed by atoms with Gasteiger partial charge >= 0.3 is 0 Å². The third-order valence-electron chi connectivity index (χ3n) is 7.41. The van der Waals surface area contributed by atoms with Gasteiger partial charge in [-0.25, -0.2) is 0 Å². The van der Waals surface area contributed by atoms with E-state index in [2.05, 4.69) is 17.2 Å². The van der Waals surface area contributed by atoms with Crippen molar-refractivity contribution in [2.24, 2.45) is 11.8 Å². The number of nitrogens with zero attached hydrogens (tertiary/aromatic N) is 3. The van der Waals surface area contributed by atoms with E-state index >= 15 is 0 Å². The Morgan fingerprint density at radius 1 is 1.13 bits per heavy atom. The highest BCUT2D eigenvalue weighted by Gasteiger charge is 2.33. The lowest BCUT2D eigenvalue weighted by Gasteiger charge is -2.26. The quantitative estimate of drug-likeness (QED) is 0.437. The van der Waals surface area contributed by atoms with Crippen molar-refractivity contribution in [1.29, 1.82) is 5.41 Å². The van der Waals surface area contributed by atoms with Crippen LogP contribution in [-0.2, 0) is 17.8 Å². The van der Waals surface area contributed by atoms with Crippen molar-refractivity contribution < 1.29 is 9.90 Å². The standard InChI is InChI=1S/C31H31N5O3/c1-19-7-8-21(31(39)35-30-29(32)26-5-3-4-6-28(26)36(30)2)15-20(19)9-11-23-16-25(38)13-14-27(34-23)22-10-12-24(18-37)33-17-22/h3-8,10,12-17,19-20,30,32,37H,9,11,18H2,1-2H3,(H,35,39). The molecule has 8 heteroatoms. The number of hydrogen-bond acceptors (Lipinski definition) is 7. The van der Waals surface area contributed by atoms with Gasteiger partial charge in [0.25, 0.3) is 5.91 Å². The Hall–Kier alpha value is -4.43. The first kappa shape index (κ1) is 26.2. The maximum Gasteiger partial charge on any atom is 0.252 e. The van der Waals surface area contributed by atoms with Crippen LogP contribution in [0.3, 0.4) is 0 Å². The van der Waals surface area contributed by atoms with Gasteiger partial charge in [-0.05, 0) is 55.0 Å². The number of carbonyl (C=O) groups is 1. The number of aromatic nitrogens is 2. The maximum atomic E-state index is 13.2. The number of amides is 1. The number of anilines is 1. The van der Waals surface area contributed by atoms with Crippen molar-refractivity contribution in [3.63, 3.8) is 0 Å². The number of aryl methyl sites for hydroxylation is 1. The van der Waals surface area contributed by atoms with Crippen LogP contribution < -0.4 is 15.6 Å². The molecular formula is C31H31N5O3. The lowest BCUT2D eigenvalue weighted by molar-refractivity contribution is -0.117. The fraction of sp³-hybridized carbons (Fsp3) is 0.258. The van der Waals surface area contributed by atoms with E-state index < -0.39 is 6.17 Å². The molecule has 0 bridgehead atoms. The van der Waals surface area contributed by atoms with Gasteiger partial charge in [0.15, 0.2) is 5.43 Å². The predicted octanol–water partition coefficient (Wildman–Crippen LogP) is 3.64. The lowest BCUT2D eigenvalue weighted by atomic mass is 9.83. The molecule has 3 unspecified atom stereocenters. The Labute approximate surface area is 227 Å². The normalized spacial score (nSPS) is 20.0. The molecule has 8 nitrogen and oxygen atoms in total. The second-order valence-electron chi connectivity index (χ2n) is 10.0. The zero-order valence-corrected chi connectivity index (χ0v) is 22.0. The van der Waals surface area contributed by atoms with Crippen LogP contribution in [0, 0.1) is 17.2 Å². The fourth-order valence-electron chi connectivity index (χ4n) is 5.07. The molecule has 1 aliphatic carbocycles. The summed E-state index contributed by atoms with van der Waals surface area (Å²) in [4.78, 5) is 36.4. The van der Waals surface area contributed by atoms with Gasteiger partial charge in [-0.2, -0.15) is 0 Å². The minimum absolute atomic E-state index is 0.0880. The highest BCUT2D eigenvalue weighted by molar-refractivity contribution is 6.14. The fourth-order valence-corrected chi connectivity index (χ4v) is 5.07. The molecule has 0 saturated carbocycles. The monoisotopic (exact) mass is 521 g/mol. The molecule has 2 aliphatic rings. The summed E-state index contributed by atoms with van der Waals surface area (Å²) in [5, 5.41) is 20.8. The van der Waals surface area contributed by atoms with Gasteiger partial charge < -0.3 is 20.7 Å². The molecule has 0 spiro atoms. The number of aliphatic hydroxyl groups is 1. The van der Waals surface area contributed by atoms with Gasteiger partial charge in [-0.3, -0.25) is 19.6 Å². The molecule has 198 valence electrons. The summed E-state index contributed by atoms with van der Waals surface area (Å²) < 4.78 is 0. The molecule has 0 radical (unpaired) electrons. The van der Waals surface area contributed by atoms with E-state index in [0.717, 1.165) is 16.8 Å². The summed E-state index contributed by atoms with van der Waals surface area (Å²) in [5.41, 5.74) is 5.21. The van der Waals surface area contributed by atoms with E-state index in [1.165, 1.54) is 6.07 Å². The Kier molecular flexibility index (Phi) is 7.47. The van der Waals surface area contributed by atoms with E-state index in [-0.39, 0.29) is 29.8 Å². The van der Waals surface area contributed by atoms with E-state index in [1.54, 1.807) is 24.4 Å². The lowest BCUT2D eigenvalue weighted by Crippen LogP contribution is -2.48. The Morgan fingerprint density at radius 2 is 1.95 bits per heavy atom. The minimum atomic E-state index is -0.523. The number of likely N-dealkylation sites (N-methyl/N-ethyl adjacent to an activating group) is 1. The molecule has 1 aliphatic heterocycles. The first-order chi connectivity index (χ1) is 18.8. The highest BCUT2D eigenvalue weighted by Crippen LogP contribution is 2.31. The Bertz CT molecular complexity index is 1530. The van der Waals surface area contributed by atoms with Crippen LogP contribution in [0.2, 0.25) is 0 Å². The maximum absolute atomic E-state index is 13.2. The number of aliphatic hydroxyl groups excluding tert-OH is 1. The van der Waals surface area contributed by atoms with Crippen molar-refractivity contribution in [3.8, 4) is 11.3 Å². The number of allylic oxidation sites excluding steroid dienone is 2. The van der Waals surface area contributed by atoms with E-state index in [1.807, 2.05) is 60.5 Å².